The average Bonchev–Trinajstić information content (AvgIpc) is 2.88. The molecule has 0 radical (unpaired) electrons. The van der Waals surface area contributed by atoms with Crippen LogP contribution in [0, 0.1) is 10.1 Å². The van der Waals surface area contributed by atoms with Gasteiger partial charge in [0.2, 0.25) is 0 Å². The van der Waals surface area contributed by atoms with Gasteiger partial charge in [-0.25, -0.2) is 4.79 Å². The van der Waals surface area contributed by atoms with Crippen molar-refractivity contribution < 1.29 is 9.72 Å². The highest BCUT2D eigenvalue weighted by Crippen LogP contribution is 2.20. The van der Waals surface area contributed by atoms with E-state index in [-0.39, 0.29) is 17.8 Å². The number of nitro groups is 1. The number of urea groups is 1. The standard InChI is InChI=1S/C13H18N4O3/c1-14-9-12-6-3-7-16(12)13(18)15-10-4-2-5-11(8-10)17(19)20/h2,4-5,8,12,14H,3,6-7,9H2,1H3,(H,15,18). The molecule has 2 rings (SSSR count). The minimum atomic E-state index is -0.477. The van der Waals surface area contributed by atoms with Crippen molar-refractivity contribution in [3.8, 4) is 0 Å². The number of carbonyl (C=O) groups is 1. The highest BCUT2D eigenvalue weighted by molar-refractivity contribution is 5.90. The first-order chi connectivity index (χ1) is 9.61. The van der Waals surface area contributed by atoms with E-state index in [4.69, 9.17) is 0 Å². The molecule has 0 spiro atoms. The maximum absolute atomic E-state index is 12.2. The molecule has 1 saturated heterocycles. The second-order valence-corrected chi connectivity index (χ2v) is 4.78. The number of amides is 2. The molecule has 2 N–H and O–H groups in total. The Kier molecular flexibility index (Phi) is 4.52. The Morgan fingerprint density at radius 3 is 3.05 bits per heavy atom. The molecule has 7 nitrogen and oxygen atoms in total. The normalized spacial score (nSPS) is 18.1. The lowest BCUT2D eigenvalue weighted by atomic mass is 10.2. The van der Waals surface area contributed by atoms with Crippen molar-refractivity contribution in [2.75, 3.05) is 25.5 Å². The minimum absolute atomic E-state index is 0.0315. The van der Waals surface area contributed by atoms with E-state index in [2.05, 4.69) is 10.6 Å². The fourth-order valence-corrected chi connectivity index (χ4v) is 2.44. The third-order valence-electron chi connectivity index (χ3n) is 3.39. The molecule has 1 unspecified atom stereocenters. The van der Waals surface area contributed by atoms with Gasteiger partial charge in [0, 0.05) is 37.0 Å². The van der Waals surface area contributed by atoms with E-state index in [9.17, 15) is 14.9 Å². The van der Waals surface area contributed by atoms with Gasteiger partial charge >= 0.3 is 6.03 Å². The lowest BCUT2D eigenvalue weighted by molar-refractivity contribution is -0.384. The van der Waals surface area contributed by atoms with Crippen LogP contribution in [0.25, 0.3) is 0 Å². The second kappa shape index (κ2) is 6.33. The van der Waals surface area contributed by atoms with E-state index >= 15 is 0 Å². The quantitative estimate of drug-likeness (QED) is 0.649. The van der Waals surface area contributed by atoms with Gasteiger partial charge in [0.1, 0.15) is 0 Å². The number of benzene rings is 1. The van der Waals surface area contributed by atoms with Crippen LogP contribution < -0.4 is 10.6 Å². The molecule has 0 saturated carbocycles. The lowest BCUT2D eigenvalue weighted by Gasteiger charge is -2.24. The number of hydrogen-bond acceptors (Lipinski definition) is 4. The van der Waals surface area contributed by atoms with Crippen LogP contribution in [-0.2, 0) is 0 Å². The predicted molar refractivity (Wildman–Crippen MR) is 75.8 cm³/mol. The summed E-state index contributed by atoms with van der Waals surface area (Å²) in [5, 5.41) is 16.5. The first-order valence-electron chi connectivity index (χ1n) is 6.58. The van der Waals surface area contributed by atoms with Gasteiger partial charge in [-0.3, -0.25) is 10.1 Å². The van der Waals surface area contributed by atoms with Gasteiger partial charge in [-0.1, -0.05) is 6.07 Å². The zero-order valence-corrected chi connectivity index (χ0v) is 11.3. The molecule has 1 aromatic rings. The van der Waals surface area contributed by atoms with Gasteiger partial charge in [-0.05, 0) is 26.0 Å². The van der Waals surface area contributed by atoms with Crippen molar-refractivity contribution in [2.45, 2.75) is 18.9 Å². The van der Waals surface area contributed by atoms with Crippen molar-refractivity contribution in [1.82, 2.24) is 10.2 Å². The second-order valence-electron chi connectivity index (χ2n) is 4.78. The molecule has 1 aliphatic heterocycles. The van der Waals surface area contributed by atoms with Crippen molar-refractivity contribution in [1.29, 1.82) is 0 Å². The maximum atomic E-state index is 12.2. The number of non-ortho nitro benzene ring substituents is 1. The summed E-state index contributed by atoms with van der Waals surface area (Å²) in [6, 6.07) is 5.94. The minimum Gasteiger partial charge on any atom is -0.320 e. The maximum Gasteiger partial charge on any atom is 0.322 e. The SMILES string of the molecule is CNCC1CCCN1C(=O)Nc1cccc([N+](=O)[O-])c1. The number of nitrogens with one attached hydrogen (secondary N) is 2. The van der Waals surface area contributed by atoms with Gasteiger partial charge in [0.05, 0.1) is 4.92 Å². The molecule has 1 heterocycles. The van der Waals surface area contributed by atoms with Crippen LogP contribution in [0.3, 0.4) is 0 Å². The smallest absolute Gasteiger partial charge is 0.320 e. The van der Waals surface area contributed by atoms with E-state index in [1.807, 2.05) is 7.05 Å². The summed E-state index contributed by atoms with van der Waals surface area (Å²) >= 11 is 0. The highest BCUT2D eigenvalue weighted by atomic mass is 16.6. The number of likely N-dealkylation sites (tertiary alicyclic amines) is 1. The third-order valence-corrected chi connectivity index (χ3v) is 3.39. The van der Waals surface area contributed by atoms with Crippen LogP contribution in [0.4, 0.5) is 16.2 Å². The van der Waals surface area contributed by atoms with Crippen molar-refractivity contribution in [3.63, 3.8) is 0 Å². The monoisotopic (exact) mass is 278 g/mol. The lowest BCUT2D eigenvalue weighted by Crippen LogP contribution is -2.43. The Morgan fingerprint density at radius 2 is 2.35 bits per heavy atom. The molecule has 0 aromatic heterocycles. The number of anilines is 1. The molecule has 2 amide bonds. The number of hydrogen-bond donors (Lipinski definition) is 2. The van der Waals surface area contributed by atoms with E-state index in [1.54, 1.807) is 17.0 Å². The summed E-state index contributed by atoms with van der Waals surface area (Å²) in [6.07, 6.45) is 1.96. The molecule has 7 heteroatoms. The molecule has 108 valence electrons. The first kappa shape index (κ1) is 14.3. The molecule has 1 aromatic carbocycles. The molecule has 20 heavy (non-hydrogen) atoms. The number of carbonyl (C=O) groups excluding carboxylic acids is 1. The van der Waals surface area contributed by atoms with Crippen molar-refractivity contribution >= 4 is 17.4 Å². The molecule has 1 aliphatic rings. The summed E-state index contributed by atoms with van der Waals surface area (Å²) < 4.78 is 0. The highest BCUT2D eigenvalue weighted by Gasteiger charge is 2.28. The Balaban J connectivity index is 2.04. The molecule has 0 bridgehead atoms. The average molecular weight is 278 g/mol. The summed E-state index contributed by atoms with van der Waals surface area (Å²) in [5.41, 5.74) is 0.412. The summed E-state index contributed by atoms with van der Waals surface area (Å²) in [7, 11) is 1.86. The fourth-order valence-electron chi connectivity index (χ4n) is 2.44. The fraction of sp³-hybridized carbons (Fsp3) is 0.462. The van der Waals surface area contributed by atoms with Crippen molar-refractivity contribution in [2.24, 2.45) is 0 Å². The molecule has 0 aliphatic carbocycles. The molecule has 1 atom stereocenters. The largest absolute Gasteiger partial charge is 0.322 e. The predicted octanol–water partition coefficient (Wildman–Crippen LogP) is 1.81. The molecular formula is C13H18N4O3. The van der Waals surface area contributed by atoms with Crippen molar-refractivity contribution in [3.05, 3.63) is 34.4 Å². The summed E-state index contributed by atoms with van der Waals surface area (Å²) in [4.78, 5) is 24.2. The van der Waals surface area contributed by atoms with E-state index in [0.29, 0.717) is 12.2 Å². The van der Waals surface area contributed by atoms with E-state index < -0.39 is 4.92 Å². The van der Waals surface area contributed by atoms with Crippen LogP contribution in [0.1, 0.15) is 12.8 Å². The summed E-state index contributed by atoms with van der Waals surface area (Å²) in [5.74, 6) is 0. The Hall–Kier alpha value is -2.15. The zero-order chi connectivity index (χ0) is 14.5. The van der Waals surface area contributed by atoms with Crippen LogP contribution in [0.2, 0.25) is 0 Å². The summed E-state index contributed by atoms with van der Waals surface area (Å²) in [6.45, 7) is 1.47. The van der Waals surface area contributed by atoms with Gasteiger partial charge in [0.25, 0.3) is 5.69 Å². The Morgan fingerprint density at radius 1 is 1.55 bits per heavy atom. The van der Waals surface area contributed by atoms with E-state index in [1.165, 1.54) is 12.1 Å². The van der Waals surface area contributed by atoms with Crippen LogP contribution >= 0.6 is 0 Å². The molecular weight excluding hydrogens is 260 g/mol. The first-order valence-corrected chi connectivity index (χ1v) is 6.58. The van der Waals surface area contributed by atoms with E-state index in [0.717, 1.165) is 19.4 Å². The Labute approximate surface area is 117 Å². The van der Waals surface area contributed by atoms with Crippen LogP contribution in [-0.4, -0.2) is 42.0 Å². The number of nitrogens with zero attached hydrogens (tertiary/aromatic N) is 2. The zero-order valence-electron chi connectivity index (χ0n) is 11.3. The van der Waals surface area contributed by atoms with Gasteiger partial charge in [-0.15, -0.1) is 0 Å². The number of rotatable bonds is 4. The van der Waals surface area contributed by atoms with Gasteiger partial charge < -0.3 is 15.5 Å². The Bertz CT molecular complexity index is 506. The molecule has 1 fully saturated rings. The van der Waals surface area contributed by atoms with Gasteiger partial charge in [-0.2, -0.15) is 0 Å². The number of nitro benzene ring substituents is 1. The third kappa shape index (κ3) is 3.24. The number of likely N-dealkylation sites (N-methyl/N-ethyl adjacent to an activating group) is 1. The van der Waals surface area contributed by atoms with Crippen LogP contribution in [0.5, 0.6) is 0 Å². The topological polar surface area (TPSA) is 87.5 Å². The van der Waals surface area contributed by atoms with Crippen LogP contribution in [0.15, 0.2) is 24.3 Å². The van der Waals surface area contributed by atoms with Gasteiger partial charge in [0.15, 0.2) is 0 Å².